The van der Waals surface area contributed by atoms with Crippen molar-refractivity contribution in [2.24, 2.45) is 0 Å². The van der Waals surface area contributed by atoms with E-state index in [2.05, 4.69) is 41.5 Å². The van der Waals surface area contributed by atoms with E-state index in [1.807, 2.05) is 0 Å². The SMILES string of the molecule is CCCCCCCCOC(=O)CCCCCCC.CCCCCCCCOC(=O)CCCCCCC.CCCCCCCCOC(=O)CCCCCCC. The fraction of sp³-hybridized carbons (Fsp3) is 0.938. The van der Waals surface area contributed by atoms with Gasteiger partial charge in [0.15, 0.2) is 0 Å². The molecule has 0 unspecified atom stereocenters. The molecule has 0 aromatic heterocycles. The minimum atomic E-state index is 0.0000525. The van der Waals surface area contributed by atoms with E-state index in [1.54, 1.807) is 0 Å². The quantitative estimate of drug-likeness (QED) is 0.0352. The molecular weight excluding hydrogens is 673 g/mol. The molecule has 0 radical (unpaired) electrons. The minimum Gasteiger partial charge on any atom is -0.466 e. The van der Waals surface area contributed by atoms with E-state index in [-0.39, 0.29) is 17.9 Å². The normalized spacial score (nSPS) is 10.6. The second-order valence-corrected chi connectivity index (χ2v) is 15.5. The molecule has 0 aliphatic rings. The average molecular weight is 769 g/mol. The smallest absolute Gasteiger partial charge is 0.305 e. The van der Waals surface area contributed by atoms with E-state index in [4.69, 9.17) is 14.2 Å². The third kappa shape index (κ3) is 57.1. The Bertz CT molecular complexity index is 629. The number of carbonyl (C=O) groups is 3. The Morgan fingerprint density at radius 3 is 0.611 bits per heavy atom. The van der Waals surface area contributed by atoms with Crippen LogP contribution in [0.15, 0.2) is 0 Å². The van der Waals surface area contributed by atoms with E-state index in [0.717, 1.165) is 38.5 Å². The number of unbranched alkanes of at least 4 members (excludes halogenated alkanes) is 27. The van der Waals surface area contributed by atoms with Crippen LogP contribution in [0.4, 0.5) is 0 Å². The lowest BCUT2D eigenvalue weighted by Gasteiger charge is -2.04. The zero-order valence-electron chi connectivity index (χ0n) is 37.5. The second-order valence-electron chi connectivity index (χ2n) is 15.5. The summed E-state index contributed by atoms with van der Waals surface area (Å²) in [6.45, 7) is 15.2. The summed E-state index contributed by atoms with van der Waals surface area (Å²) in [6.07, 6.45) is 42.0. The lowest BCUT2D eigenvalue weighted by Crippen LogP contribution is -2.05. The highest BCUT2D eigenvalue weighted by molar-refractivity contribution is 5.69. The molecule has 0 saturated heterocycles. The Kier molecular flexibility index (Phi) is 56.2. The minimum absolute atomic E-state index is 0.0000525. The summed E-state index contributed by atoms with van der Waals surface area (Å²) in [6, 6.07) is 0. The molecular formula is C48H96O6. The van der Waals surface area contributed by atoms with Crippen LogP contribution in [0.2, 0.25) is 0 Å². The molecule has 0 saturated carbocycles. The molecule has 0 spiro atoms. The number of ether oxygens (including phenoxy) is 3. The van der Waals surface area contributed by atoms with Crippen LogP contribution in [0.25, 0.3) is 0 Å². The van der Waals surface area contributed by atoms with Gasteiger partial charge >= 0.3 is 17.9 Å². The fourth-order valence-corrected chi connectivity index (χ4v) is 6.04. The largest absolute Gasteiger partial charge is 0.466 e. The molecule has 6 nitrogen and oxygen atoms in total. The van der Waals surface area contributed by atoms with Crippen LogP contribution in [0, 0.1) is 0 Å². The molecule has 0 N–H and O–H groups in total. The van der Waals surface area contributed by atoms with Crippen molar-refractivity contribution in [1.29, 1.82) is 0 Å². The van der Waals surface area contributed by atoms with Gasteiger partial charge in [0.05, 0.1) is 19.8 Å². The predicted molar refractivity (Wildman–Crippen MR) is 233 cm³/mol. The maximum absolute atomic E-state index is 11.4. The highest BCUT2D eigenvalue weighted by Gasteiger charge is 2.04. The number of hydrogen-bond donors (Lipinski definition) is 0. The monoisotopic (exact) mass is 769 g/mol. The molecule has 324 valence electrons. The molecule has 0 aliphatic heterocycles. The highest BCUT2D eigenvalue weighted by Crippen LogP contribution is 2.10. The average Bonchev–Trinajstić information content (AvgIpc) is 3.17. The molecule has 0 aromatic carbocycles. The molecule has 0 aliphatic carbocycles. The van der Waals surface area contributed by atoms with Gasteiger partial charge in [0, 0.05) is 19.3 Å². The summed E-state index contributed by atoms with van der Waals surface area (Å²) in [5.41, 5.74) is 0. The summed E-state index contributed by atoms with van der Waals surface area (Å²) in [5, 5.41) is 0. The Morgan fingerprint density at radius 2 is 0.407 bits per heavy atom. The summed E-state index contributed by atoms with van der Waals surface area (Å²) in [5.74, 6) is 0.000157. The molecule has 0 amide bonds. The zero-order valence-corrected chi connectivity index (χ0v) is 37.5. The second kappa shape index (κ2) is 53.5. The molecule has 6 heteroatoms. The summed E-state index contributed by atoms with van der Waals surface area (Å²) >= 11 is 0. The van der Waals surface area contributed by atoms with Crippen LogP contribution >= 0.6 is 0 Å². The van der Waals surface area contributed by atoms with Crippen molar-refractivity contribution >= 4 is 17.9 Å². The van der Waals surface area contributed by atoms with Gasteiger partial charge in [-0.3, -0.25) is 14.4 Å². The first-order valence-electron chi connectivity index (χ1n) is 23.9. The van der Waals surface area contributed by atoms with E-state index in [1.165, 1.54) is 173 Å². The molecule has 0 aromatic rings. The third-order valence-electron chi connectivity index (χ3n) is 9.74. The van der Waals surface area contributed by atoms with Crippen LogP contribution in [-0.2, 0) is 28.6 Å². The van der Waals surface area contributed by atoms with Gasteiger partial charge in [0.2, 0.25) is 0 Å². The Balaban J connectivity index is -0.000000722. The van der Waals surface area contributed by atoms with Crippen LogP contribution in [0.3, 0.4) is 0 Å². The fourth-order valence-electron chi connectivity index (χ4n) is 6.04. The number of hydrogen-bond acceptors (Lipinski definition) is 6. The number of esters is 3. The number of rotatable bonds is 39. The van der Waals surface area contributed by atoms with E-state index >= 15 is 0 Å². The zero-order chi connectivity index (χ0) is 40.4. The molecule has 0 bridgehead atoms. The molecule has 0 rings (SSSR count). The molecule has 54 heavy (non-hydrogen) atoms. The van der Waals surface area contributed by atoms with Crippen molar-refractivity contribution in [3.05, 3.63) is 0 Å². The summed E-state index contributed by atoms with van der Waals surface area (Å²) in [7, 11) is 0. The Morgan fingerprint density at radius 1 is 0.241 bits per heavy atom. The molecule has 0 heterocycles. The molecule has 0 atom stereocenters. The van der Waals surface area contributed by atoms with Crippen molar-refractivity contribution in [1.82, 2.24) is 0 Å². The highest BCUT2D eigenvalue weighted by atomic mass is 16.5. The van der Waals surface area contributed by atoms with E-state index in [9.17, 15) is 14.4 Å². The van der Waals surface area contributed by atoms with Gasteiger partial charge in [0.25, 0.3) is 0 Å². The van der Waals surface area contributed by atoms with Crippen LogP contribution in [-0.4, -0.2) is 37.7 Å². The van der Waals surface area contributed by atoms with Gasteiger partial charge in [-0.2, -0.15) is 0 Å². The van der Waals surface area contributed by atoms with Crippen molar-refractivity contribution in [3.8, 4) is 0 Å². The lowest BCUT2D eigenvalue weighted by atomic mass is 10.1. The Hall–Kier alpha value is -1.59. The van der Waals surface area contributed by atoms with Crippen LogP contribution in [0.5, 0.6) is 0 Å². The van der Waals surface area contributed by atoms with Gasteiger partial charge in [-0.05, 0) is 38.5 Å². The van der Waals surface area contributed by atoms with Crippen LogP contribution in [0.1, 0.15) is 273 Å². The Labute approximate surface area is 338 Å². The standard InChI is InChI=1S/3C16H32O2/c3*1-3-5-7-9-11-13-15-18-16(17)14-12-10-8-6-4-2/h3*3-15H2,1-2H3. The first kappa shape index (κ1) is 56.7. The van der Waals surface area contributed by atoms with E-state index in [0.29, 0.717) is 39.1 Å². The van der Waals surface area contributed by atoms with Crippen molar-refractivity contribution in [2.75, 3.05) is 19.8 Å². The van der Waals surface area contributed by atoms with Gasteiger partial charge in [0.1, 0.15) is 0 Å². The lowest BCUT2D eigenvalue weighted by molar-refractivity contribution is -0.144. The van der Waals surface area contributed by atoms with Crippen molar-refractivity contribution in [2.45, 2.75) is 273 Å². The first-order valence-corrected chi connectivity index (χ1v) is 23.9. The maximum Gasteiger partial charge on any atom is 0.305 e. The van der Waals surface area contributed by atoms with Crippen molar-refractivity contribution in [3.63, 3.8) is 0 Å². The predicted octanol–water partition coefficient (Wildman–Crippen LogP) is 15.8. The maximum atomic E-state index is 11.4. The van der Waals surface area contributed by atoms with Crippen LogP contribution < -0.4 is 0 Å². The van der Waals surface area contributed by atoms with Gasteiger partial charge in [-0.15, -0.1) is 0 Å². The number of carbonyl (C=O) groups excluding carboxylic acids is 3. The summed E-state index contributed by atoms with van der Waals surface area (Å²) in [4.78, 5) is 34.2. The summed E-state index contributed by atoms with van der Waals surface area (Å²) < 4.78 is 15.6. The third-order valence-corrected chi connectivity index (χ3v) is 9.74. The molecule has 0 fully saturated rings. The van der Waals surface area contributed by atoms with E-state index < -0.39 is 0 Å². The first-order chi connectivity index (χ1) is 26.4. The van der Waals surface area contributed by atoms with Crippen molar-refractivity contribution < 1.29 is 28.6 Å². The van der Waals surface area contributed by atoms with Gasteiger partial charge < -0.3 is 14.2 Å². The van der Waals surface area contributed by atoms with Gasteiger partial charge in [-0.25, -0.2) is 0 Å². The van der Waals surface area contributed by atoms with Gasteiger partial charge in [-0.1, -0.05) is 215 Å². The topological polar surface area (TPSA) is 78.9 Å².